The van der Waals surface area contributed by atoms with Crippen LogP contribution in [0.3, 0.4) is 0 Å². The van der Waals surface area contributed by atoms with Crippen LogP contribution in [0.25, 0.3) is 0 Å². The van der Waals surface area contributed by atoms with E-state index in [4.69, 9.17) is 4.74 Å². The molecular weight excluding hydrogens is 222 g/mol. The number of ether oxygens (including phenoxy) is 1. The van der Waals surface area contributed by atoms with Crippen LogP contribution in [0.2, 0.25) is 0 Å². The summed E-state index contributed by atoms with van der Waals surface area (Å²) in [5, 5.41) is 3.67. The van der Waals surface area contributed by atoms with Crippen molar-refractivity contribution in [2.24, 2.45) is 11.3 Å². The van der Waals surface area contributed by atoms with Gasteiger partial charge in [0.25, 0.3) is 0 Å². The van der Waals surface area contributed by atoms with Gasteiger partial charge in [0.15, 0.2) is 0 Å². The van der Waals surface area contributed by atoms with Crippen LogP contribution in [0.1, 0.15) is 66.7 Å². The molecule has 18 heavy (non-hydrogen) atoms. The van der Waals surface area contributed by atoms with E-state index in [-0.39, 0.29) is 0 Å². The van der Waals surface area contributed by atoms with Crippen LogP contribution in [0.5, 0.6) is 0 Å². The van der Waals surface area contributed by atoms with Gasteiger partial charge in [0.2, 0.25) is 0 Å². The lowest BCUT2D eigenvalue weighted by Crippen LogP contribution is -2.62. The molecule has 2 heteroatoms. The summed E-state index contributed by atoms with van der Waals surface area (Å²) in [7, 11) is 0. The zero-order valence-corrected chi connectivity index (χ0v) is 13.1. The van der Waals surface area contributed by atoms with Crippen LogP contribution >= 0.6 is 0 Å². The van der Waals surface area contributed by atoms with Gasteiger partial charge in [0.1, 0.15) is 0 Å². The summed E-state index contributed by atoms with van der Waals surface area (Å²) >= 11 is 0. The van der Waals surface area contributed by atoms with Crippen LogP contribution in [-0.2, 0) is 4.74 Å². The Morgan fingerprint density at radius 2 is 2.00 bits per heavy atom. The Hall–Kier alpha value is -0.0800. The molecule has 0 aliphatic heterocycles. The van der Waals surface area contributed by atoms with Gasteiger partial charge in [-0.15, -0.1) is 0 Å². The third kappa shape index (κ3) is 3.71. The second kappa shape index (κ2) is 7.49. The third-order valence-electron chi connectivity index (χ3n) is 4.75. The van der Waals surface area contributed by atoms with Gasteiger partial charge >= 0.3 is 0 Å². The molecule has 0 aromatic carbocycles. The van der Waals surface area contributed by atoms with Crippen molar-refractivity contribution in [2.45, 2.75) is 78.9 Å². The molecule has 1 rings (SSSR count). The summed E-state index contributed by atoms with van der Waals surface area (Å²) < 4.78 is 6.17. The summed E-state index contributed by atoms with van der Waals surface area (Å²) in [4.78, 5) is 0. The van der Waals surface area contributed by atoms with Crippen molar-refractivity contribution >= 4 is 0 Å². The maximum Gasteiger partial charge on any atom is 0.0658 e. The average molecular weight is 255 g/mol. The van der Waals surface area contributed by atoms with E-state index in [9.17, 15) is 0 Å². The van der Waals surface area contributed by atoms with E-state index in [1.807, 2.05) is 0 Å². The molecule has 1 aliphatic rings. The molecule has 0 aromatic heterocycles. The van der Waals surface area contributed by atoms with E-state index in [2.05, 4.69) is 39.9 Å². The van der Waals surface area contributed by atoms with E-state index in [0.717, 1.165) is 13.2 Å². The first kappa shape index (κ1) is 16.0. The number of hydrogen-bond donors (Lipinski definition) is 1. The van der Waals surface area contributed by atoms with Crippen LogP contribution < -0.4 is 5.32 Å². The zero-order chi connectivity index (χ0) is 13.6. The minimum Gasteiger partial charge on any atom is -0.377 e. The van der Waals surface area contributed by atoms with Gasteiger partial charge in [-0.25, -0.2) is 0 Å². The molecule has 108 valence electrons. The average Bonchev–Trinajstić information content (AvgIpc) is 2.36. The number of rotatable bonds is 9. The van der Waals surface area contributed by atoms with Crippen molar-refractivity contribution in [3.8, 4) is 0 Å². The van der Waals surface area contributed by atoms with E-state index in [1.54, 1.807) is 0 Å². The smallest absolute Gasteiger partial charge is 0.0658 e. The summed E-state index contributed by atoms with van der Waals surface area (Å²) in [6.45, 7) is 13.5. The van der Waals surface area contributed by atoms with Crippen LogP contribution in [0.15, 0.2) is 0 Å². The lowest BCUT2D eigenvalue weighted by Gasteiger charge is -2.54. The standard InChI is InChI=1S/C16H33NO/c1-6-9-13(4)12-18-15-11-14(17-10-7-2)16(15,5)8-3/h13-15,17H,6-12H2,1-5H3. The second-order valence-electron chi connectivity index (χ2n) is 6.32. The lowest BCUT2D eigenvalue weighted by atomic mass is 9.61. The van der Waals surface area contributed by atoms with Gasteiger partial charge in [0.05, 0.1) is 6.10 Å². The summed E-state index contributed by atoms with van der Waals surface area (Å²) in [5.74, 6) is 0.707. The highest BCUT2D eigenvalue weighted by atomic mass is 16.5. The Labute approximate surface area is 114 Å². The quantitative estimate of drug-likeness (QED) is 0.672. The molecule has 4 unspecified atom stereocenters. The molecule has 1 aliphatic carbocycles. The summed E-state index contributed by atoms with van der Waals surface area (Å²) in [6.07, 6.45) is 6.64. The minimum absolute atomic E-state index is 0.348. The Morgan fingerprint density at radius 1 is 1.28 bits per heavy atom. The Bertz CT molecular complexity index is 231. The number of hydrogen-bond acceptors (Lipinski definition) is 2. The molecule has 4 atom stereocenters. The lowest BCUT2D eigenvalue weighted by molar-refractivity contribution is -0.135. The fraction of sp³-hybridized carbons (Fsp3) is 1.00. The van der Waals surface area contributed by atoms with Crippen LogP contribution in [0.4, 0.5) is 0 Å². The molecule has 0 bridgehead atoms. The molecule has 0 saturated heterocycles. The largest absolute Gasteiger partial charge is 0.377 e. The highest BCUT2D eigenvalue weighted by Crippen LogP contribution is 2.46. The Kier molecular flexibility index (Phi) is 6.65. The van der Waals surface area contributed by atoms with E-state index in [0.29, 0.717) is 23.5 Å². The van der Waals surface area contributed by atoms with Crippen molar-refractivity contribution in [2.75, 3.05) is 13.2 Å². The van der Waals surface area contributed by atoms with Crippen molar-refractivity contribution in [3.63, 3.8) is 0 Å². The fourth-order valence-corrected chi connectivity index (χ4v) is 3.04. The molecule has 0 heterocycles. The van der Waals surface area contributed by atoms with Gasteiger partial charge in [-0.3, -0.25) is 0 Å². The van der Waals surface area contributed by atoms with E-state index < -0.39 is 0 Å². The summed E-state index contributed by atoms with van der Waals surface area (Å²) in [5.41, 5.74) is 0.348. The maximum absolute atomic E-state index is 6.17. The van der Waals surface area contributed by atoms with Crippen LogP contribution in [-0.4, -0.2) is 25.3 Å². The highest BCUT2D eigenvalue weighted by Gasteiger charge is 2.50. The molecular formula is C16H33NO. The second-order valence-corrected chi connectivity index (χ2v) is 6.32. The van der Waals surface area contributed by atoms with Gasteiger partial charge in [-0.2, -0.15) is 0 Å². The van der Waals surface area contributed by atoms with Crippen molar-refractivity contribution in [1.82, 2.24) is 5.32 Å². The Balaban J connectivity index is 2.35. The fourth-order valence-electron chi connectivity index (χ4n) is 3.04. The van der Waals surface area contributed by atoms with Crippen LogP contribution in [0, 0.1) is 11.3 Å². The molecule has 1 saturated carbocycles. The molecule has 0 aromatic rings. The Morgan fingerprint density at radius 3 is 2.56 bits per heavy atom. The van der Waals surface area contributed by atoms with Crippen molar-refractivity contribution in [3.05, 3.63) is 0 Å². The monoisotopic (exact) mass is 255 g/mol. The molecule has 0 radical (unpaired) electrons. The predicted molar refractivity (Wildman–Crippen MR) is 78.9 cm³/mol. The number of nitrogens with one attached hydrogen (secondary N) is 1. The highest BCUT2D eigenvalue weighted by molar-refractivity contribution is 5.04. The van der Waals surface area contributed by atoms with E-state index in [1.165, 1.54) is 32.1 Å². The topological polar surface area (TPSA) is 21.3 Å². The van der Waals surface area contributed by atoms with E-state index >= 15 is 0 Å². The van der Waals surface area contributed by atoms with Gasteiger partial charge in [0, 0.05) is 18.1 Å². The third-order valence-corrected chi connectivity index (χ3v) is 4.75. The molecule has 0 spiro atoms. The first-order valence-electron chi connectivity index (χ1n) is 7.93. The van der Waals surface area contributed by atoms with Crippen molar-refractivity contribution in [1.29, 1.82) is 0 Å². The molecule has 0 amide bonds. The minimum atomic E-state index is 0.348. The first-order chi connectivity index (χ1) is 8.58. The predicted octanol–water partition coefficient (Wildman–Crippen LogP) is 4.00. The normalized spacial score (nSPS) is 33.2. The maximum atomic E-state index is 6.17. The molecule has 1 fully saturated rings. The zero-order valence-electron chi connectivity index (χ0n) is 13.1. The molecule has 1 N–H and O–H groups in total. The van der Waals surface area contributed by atoms with Gasteiger partial charge < -0.3 is 10.1 Å². The van der Waals surface area contributed by atoms with Gasteiger partial charge in [-0.05, 0) is 38.1 Å². The summed E-state index contributed by atoms with van der Waals surface area (Å²) in [6, 6.07) is 0.661. The SMILES string of the molecule is CCCNC1CC(OCC(C)CCC)C1(C)CC. The molecule has 2 nitrogen and oxygen atoms in total. The van der Waals surface area contributed by atoms with Crippen molar-refractivity contribution < 1.29 is 4.74 Å². The van der Waals surface area contributed by atoms with Gasteiger partial charge in [-0.1, -0.05) is 41.0 Å². The first-order valence-corrected chi connectivity index (χ1v) is 7.93.